The van der Waals surface area contributed by atoms with Crippen LogP contribution in [0.25, 0.3) is 22.6 Å². The summed E-state index contributed by atoms with van der Waals surface area (Å²) >= 11 is 0. The lowest BCUT2D eigenvalue weighted by Gasteiger charge is -2.29. The molecule has 168 valence electrons. The Bertz CT molecular complexity index is 1420. The van der Waals surface area contributed by atoms with Gasteiger partial charge in [-0.15, -0.1) is 0 Å². The van der Waals surface area contributed by atoms with Gasteiger partial charge in [-0.3, -0.25) is 19.5 Å². The normalized spacial score (nSPS) is 14.0. The van der Waals surface area contributed by atoms with Crippen LogP contribution in [0.3, 0.4) is 0 Å². The second-order valence-electron chi connectivity index (χ2n) is 8.31. The minimum atomic E-state index is -0.502. The molecule has 1 aliphatic rings. The predicted molar refractivity (Wildman–Crippen MR) is 128 cm³/mol. The Kier molecular flexibility index (Phi) is 5.08. The summed E-state index contributed by atoms with van der Waals surface area (Å²) in [6.45, 7) is 3.58. The molecule has 2 aromatic carbocycles. The molecule has 4 aromatic rings. The lowest BCUT2D eigenvalue weighted by Crippen LogP contribution is -2.30. The third kappa shape index (κ3) is 3.51. The number of benzene rings is 2. The third-order valence-corrected chi connectivity index (χ3v) is 6.13. The summed E-state index contributed by atoms with van der Waals surface area (Å²) in [6, 6.07) is 16.0. The highest BCUT2D eigenvalue weighted by Gasteiger charge is 2.26. The molecule has 1 aliphatic heterocycles. The topological polar surface area (TPSA) is 112 Å². The first-order chi connectivity index (χ1) is 16.0. The first kappa shape index (κ1) is 20.7. The van der Waals surface area contributed by atoms with E-state index in [1.54, 1.807) is 12.1 Å². The highest BCUT2D eigenvalue weighted by atomic mass is 16.6. The van der Waals surface area contributed by atoms with Crippen LogP contribution in [0.2, 0.25) is 0 Å². The van der Waals surface area contributed by atoms with E-state index in [9.17, 15) is 14.9 Å². The van der Waals surface area contributed by atoms with Crippen LogP contribution in [0, 0.1) is 17.0 Å². The average molecular weight is 444 g/mol. The molecule has 33 heavy (non-hydrogen) atoms. The Balaban J connectivity index is 1.86. The van der Waals surface area contributed by atoms with Crippen molar-refractivity contribution in [3.8, 4) is 16.9 Å². The molecule has 0 saturated carbocycles. The van der Waals surface area contributed by atoms with Crippen molar-refractivity contribution in [2.75, 3.05) is 23.7 Å². The van der Waals surface area contributed by atoms with Crippen LogP contribution >= 0.6 is 0 Å². The quantitative estimate of drug-likeness (QED) is 0.290. The van der Waals surface area contributed by atoms with Gasteiger partial charge < -0.3 is 10.6 Å². The van der Waals surface area contributed by atoms with Crippen molar-refractivity contribution in [2.24, 2.45) is 0 Å². The summed E-state index contributed by atoms with van der Waals surface area (Å²) in [5.74, 6) is 0. The Morgan fingerprint density at radius 3 is 2.42 bits per heavy atom. The predicted octanol–water partition coefficient (Wildman–Crippen LogP) is 3.94. The highest BCUT2D eigenvalue weighted by Crippen LogP contribution is 2.37. The fourth-order valence-corrected chi connectivity index (χ4v) is 4.60. The molecule has 0 bridgehead atoms. The van der Waals surface area contributed by atoms with Gasteiger partial charge in [-0.25, -0.2) is 0 Å². The lowest BCUT2D eigenvalue weighted by atomic mass is 10.1. The molecule has 2 N–H and O–H groups in total. The molecular weight excluding hydrogens is 420 g/mol. The maximum atomic E-state index is 13.0. The summed E-state index contributed by atoms with van der Waals surface area (Å²) in [7, 11) is 0. The molecular formula is C24H24N6O3. The molecule has 0 unspecified atom stereocenters. The molecule has 1 saturated heterocycles. The van der Waals surface area contributed by atoms with Crippen molar-refractivity contribution in [1.29, 1.82) is 0 Å². The Hall–Kier alpha value is -4.14. The molecule has 0 atom stereocenters. The number of nitrogens with zero attached hydrogens (tertiary/aromatic N) is 5. The summed E-state index contributed by atoms with van der Waals surface area (Å²) in [5, 5.41) is 16.0. The summed E-state index contributed by atoms with van der Waals surface area (Å²) in [6.07, 6.45) is 3.29. The van der Waals surface area contributed by atoms with Crippen molar-refractivity contribution in [1.82, 2.24) is 14.2 Å². The minimum Gasteiger partial charge on any atom is -0.393 e. The van der Waals surface area contributed by atoms with E-state index in [0.29, 0.717) is 17.0 Å². The zero-order valence-corrected chi connectivity index (χ0v) is 18.3. The largest absolute Gasteiger partial charge is 0.393 e. The second kappa shape index (κ2) is 8.09. The molecule has 3 heterocycles. The minimum absolute atomic E-state index is 0.0658. The number of hydrogen-bond acceptors (Lipinski definition) is 6. The van der Waals surface area contributed by atoms with Gasteiger partial charge in [0.2, 0.25) is 0 Å². The number of fused-ring (bicyclic) bond motifs is 1. The number of rotatable bonds is 4. The number of aryl methyl sites for hydroxylation is 1. The maximum absolute atomic E-state index is 13.0. The molecule has 0 spiro atoms. The maximum Gasteiger partial charge on any atom is 0.292 e. The van der Waals surface area contributed by atoms with Crippen molar-refractivity contribution in [3.05, 3.63) is 80.8 Å². The monoisotopic (exact) mass is 444 g/mol. The fraction of sp³-hybridized carbons (Fsp3) is 0.250. The van der Waals surface area contributed by atoms with Crippen LogP contribution in [0.5, 0.6) is 0 Å². The van der Waals surface area contributed by atoms with Crippen LogP contribution in [-0.2, 0) is 0 Å². The van der Waals surface area contributed by atoms with E-state index >= 15 is 0 Å². The number of nitro groups is 1. The van der Waals surface area contributed by atoms with E-state index in [-0.39, 0.29) is 16.9 Å². The van der Waals surface area contributed by atoms with Gasteiger partial charge in [0.25, 0.3) is 11.2 Å². The Morgan fingerprint density at radius 1 is 1.03 bits per heavy atom. The van der Waals surface area contributed by atoms with E-state index in [4.69, 9.17) is 10.8 Å². The van der Waals surface area contributed by atoms with Crippen LogP contribution in [0.15, 0.2) is 59.4 Å². The van der Waals surface area contributed by atoms with Gasteiger partial charge in [-0.05, 0) is 38.3 Å². The number of anilines is 2. The van der Waals surface area contributed by atoms with E-state index in [2.05, 4.69) is 4.90 Å². The summed E-state index contributed by atoms with van der Waals surface area (Å²) < 4.78 is 3.34. The van der Waals surface area contributed by atoms with Crippen LogP contribution in [-0.4, -0.2) is 32.2 Å². The van der Waals surface area contributed by atoms with E-state index in [1.165, 1.54) is 23.1 Å². The molecule has 0 aliphatic carbocycles. The molecule has 0 amide bonds. The Morgan fingerprint density at radius 2 is 1.76 bits per heavy atom. The molecule has 9 nitrogen and oxygen atoms in total. The first-order valence-corrected chi connectivity index (χ1v) is 11.0. The zero-order valence-electron chi connectivity index (χ0n) is 18.3. The lowest BCUT2D eigenvalue weighted by molar-refractivity contribution is -0.383. The molecule has 5 rings (SSSR count). The van der Waals surface area contributed by atoms with Crippen molar-refractivity contribution in [3.63, 3.8) is 0 Å². The van der Waals surface area contributed by atoms with Gasteiger partial charge in [0.1, 0.15) is 17.1 Å². The van der Waals surface area contributed by atoms with E-state index in [1.807, 2.05) is 41.8 Å². The van der Waals surface area contributed by atoms with Gasteiger partial charge in [-0.1, -0.05) is 30.3 Å². The van der Waals surface area contributed by atoms with E-state index in [0.717, 1.165) is 42.9 Å². The Labute approximate surface area is 189 Å². The van der Waals surface area contributed by atoms with Crippen molar-refractivity contribution in [2.45, 2.75) is 26.2 Å². The van der Waals surface area contributed by atoms with Gasteiger partial charge >= 0.3 is 0 Å². The standard InChI is InChI=1S/C24H24N6O3/c1-16-14-21(31)29-24(28(16)18-10-11-20(30(32)33)19(25)15-18)23(27-12-6-3-7-13-27)22(26-29)17-8-4-2-5-9-17/h2,4-5,8-11,14-15H,3,6-7,12-13,25H2,1H3. The van der Waals surface area contributed by atoms with Crippen molar-refractivity contribution >= 4 is 22.7 Å². The van der Waals surface area contributed by atoms with Gasteiger partial charge in [0.05, 0.1) is 4.92 Å². The SMILES string of the molecule is Cc1cc(=O)n2nc(-c3ccccc3)c(N3CCCCC3)c2n1-c1ccc([N+](=O)[O-])c(N)c1. The first-order valence-electron chi connectivity index (χ1n) is 11.0. The summed E-state index contributed by atoms with van der Waals surface area (Å²) in [4.78, 5) is 26.1. The average Bonchev–Trinajstić information content (AvgIpc) is 3.21. The molecule has 1 fully saturated rings. The van der Waals surface area contributed by atoms with Crippen LogP contribution in [0.1, 0.15) is 25.0 Å². The van der Waals surface area contributed by atoms with Gasteiger partial charge in [-0.2, -0.15) is 9.61 Å². The van der Waals surface area contributed by atoms with Crippen LogP contribution < -0.4 is 16.2 Å². The van der Waals surface area contributed by atoms with Gasteiger partial charge in [0, 0.05) is 42.2 Å². The highest BCUT2D eigenvalue weighted by molar-refractivity contribution is 5.87. The number of nitrogens with two attached hydrogens (primary N) is 1. The molecule has 0 radical (unpaired) electrons. The molecule has 9 heteroatoms. The zero-order chi connectivity index (χ0) is 23.1. The molecule has 2 aromatic heterocycles. The number of nitrogen functional groups attached to an aromatic ring is 1. The third-order valence-electron chi connectivity index (χ3n) is 6.13. The number of piperidine rings is 1. The van der Waals surface area contributed by atoms with E-state index < -0.39 is 4.92 Å². The number of aromatic nitrogens is 3. The number of hydrogen-bond donors (Lipinski definition) is 1. The number of nitro benzene ring substituents is 1. The smallest absolute Gasteiger partial charge is 0.292 e. The second-order valence-corrected chi connectivity index (χ2v) is 8.31. The summed E-state index contributed by atoms with van der Waals surface area (Å²) in [5.41, 5.74) is 10.2. The van der Waals surface area contributed by atoms with Gasteiger partial charge in [0.15, 0.2) is 5.65 Å². The van der Waals surface area contributed by atoms with Crippen LogP contribution in [0.4, 0.5) is 17.1 Å². The van der Waals surface area contributed by atoms with Crippen molar-refractivity contribution < 1.29 is 4.92 Å². The fourth-order valence-electron chi connectivity index (χ4n) is 4.60.